The molecule has 0 saturated carbocycles. The molecule has 0 spiro atoms. The molecule has 0 heterocycles. The lowest BCUT2D eigenvalue weighted by molar-refractivity contribution is 0.179. The smallest absolute Gasteiger partial charge is 0.240 e. The summed E-state index contributed by atoms with van der Waals surface area (Å²) in [6.45, 7) is 9.25. The van der Waals surface area contributed by atoms with E-state index in [4.69, 9.17) is 16.9 Å². The van der Waals surface area contributed by atoms with Crippen molar-refractivity contribution in [3.63, 3.8) is 0 Å². The standard InChI is InChI=1S/C15H22ClN3O2S/c1-11(2)19(12(3)4)8-7-18-22(20,21)14-6-5-13(10-17)15(16)9-14/h5-6,9,11-12,18H,7-8H2,1-4H3. The van der Waals surface area contributed by atoms with Gasteiger partial charge in [0.25, 0.3) is 0 Å². The highest BCUT2D eigenvalue weighted by molar-refractivity contribution is 7.89. The predicted octanol–water partition coefficient (Wildman–Crippen LogP) is 2.61. The molecular weight excluding hydrogens is 322 g/mol. The van der Waals surface area contributed by atoms with E-state index in [9.17, 15) is 8.42 Å². The normalized spacial score (nSPS) is 12.1. The third-order valence-corrected chi connectivity index (χ3v) is 5.13. The minimum absolute atomic E-state index is 0.0668. The number of nitrogens with zero attached hydrogens (tertiary/aromatic N) is 2. The van der Waals surface area contributed by atoms with Gasteiger partial charge in [0.05, 0.1) is 15.5 Å². The van der Waals surface area contributed by atoms with Crippen molar-refractivity contribution in [1.29, 1.82) is 5.26 Å². The zero-order chi connectivity index (χ0) is 16.9. The maximum Gasteiger partial charge on any atom is 0.240 e. The van der Waals surface area contributed by atoms with Crippen molar-refractivity contribution in [2.75, 3.05) is 13.1 Å². The van der Waals surface area contributed by atoms with E-state index >= 15 is 0 Å². The van der Waals surface area contributed by atoms with Gasteiger partial charge in [0.2, 0.25) is 10.0 Å². The number of nitrogens with one attached hydrogen (secondary N) is 1. The monoisotopic (exact) mass is 343 g/mol. The first-order chi connectivity index (χ1) is 10.2. The van der Waals surface area contributed by atoms with E-state index in [0.29, 0.717) is 25.2 Å². The molecule has 0 bridgehead atoms. The van der Waals surface area contributed by atoms with E-state index in [1.807, 2.05) is 6.07 Å². The minimum Gasteiger partial charge on any atom is -0.297 e. The van der Waals surface area contributed by atoms with Gasteiger partial charge in [-0.3, -0.25) is 4.90 Å². The zero-order valence-corrected chi connectivity index (χ0v) is 14.9. The minimum atomic E-state index is -3.63. The Bertz CT molecular complexity index is 643. The largest absolute Gasteiger partial charge is 0.297 e. The molecule has 0 radical (unpaired) electrons. The second-order valence-electron chi connectivity index (χ2n) is 5.58. The third-order valence-electron chi connectivity index (χ3n) is 3.36. The second kappa shape index (κ2) is 7.93. The summed E-state index contributed by atoms with van der Waals surface area (Å²) < 4.78 is 27.0. The van der Waals surface area contributed by atoms with Gasteiger partial charge in [-0.25, -0.2) is 13.1 Å². The second-order valence-corrected chi connectivity index (χ2v) is 7.75. The summed E-state index contributed by atoms with van der Waals surface area (Å²) >= 11 is 5.88. The van der Waals surface area contributed by atoms with Crippen LogP contribution in [-0.4, -0.2) is 38.5 Å². The first-order valence-electron chi connectivity index (χ1n) is 7.14. The Kier molecular flexibility index (Phi) is 6.82. The van der Waals surface area contributed by atoms with Crippen molar-refractivity contribution >= 4 is 21.6 Å². The molecule has 1 aromatic rings. The molecule has 5 nitrogen and oxygen atoms in total. The van der Waals surface area contributed by atoms with Crippen LogP contribution in [0, 0.1) is 11.3 Å². The van der Waals surface area contributed by atoms with Crippen LogP contribution in [0.5, 0.6) is 0 Å². The van der Waals surface area contributed by atoms with Gasteiger partial charge in [-0.2, -0.15) is 5.26 Å². The van der Waals surface area contributed by atoms with Gasteiger partial charge < -0.3 is 0 Å². The number of halogens is 1. The number of nitriles is 1. The summed E-state index contributed by atoms with van der Waals surface area (Å²) in [6.07, 6.45) is 0. The molecule has 1 rings (SSSR count). The van der Waals surface area contributed by atoms with Crippen LogP contribution in [0.4, 0.5) is 0 Å². The van der Waals surface area contributed by atoms with Crippen LogP contribution < -0.4 is 4.72 Å². The molecule has 0 aliphatic carbocycles. The van der Waals surface area contributed by atoms with E-state index in [-0.39, 0.29) is 15.5 Å². The Morgan fingerprint density at radius 3 is 2.32 bits per heavy atom. The Labute approximate surface area is 137 Å². The molecule has 0 aromatic heterocycles. The zero-order valence-electron chi connectivity index (χ0n) is 13.3. The van der Waals surface area contributed by atoms with E-state index in [1.165, 1.54) is 18.2 Å². The van der Waals surface area contributed by atoms with Crippen LogP contribution >= 0.6 is 11.6 Å². The molecule has 0 amide bonds. The van der Waals surface area contributed by atoms with Crippen molar-refractivity contribution in [2.45, 2.75) is 44.7 Å². The maximum absolute atomic E-state index is 12.2. The first kappa shape index (κ1) is 18.9. The summed E-state index contributed by atoms with van der Waals surface area (Å²) in [5.41, 5.74) is 0.256. The Hall–Kier alpha value is -1.13. The molecule has 1 aromatic carbocycles. The van der Waals surface area contributed by atoms with Gasteiger partial charge in [0.1, 0.15) is 6.07 Å². The van der Waals surface area contributed by atoms with Gasteiger partial charge in [-0.1, -0.05) is 11.6 Å². The van der Waals surface area contributed by atoms with E-state index in [0.717, 1.165) is 0 Å². The predicted molar refractivity (Wildman–Crippen MR) is 88.3 cm³/mol. The molecule has 0 fully saturated rings. The highest BCUT2D eigenvalue weighted by atomic mass is 35.5. The number of hydrogen-bond acceptors (Lipinski definition) is 4. The third kappa shape index (κ3) is 4.96. The molecule has 0 aliphatic rings. The first-order valence-corrected chi connectivity index (χ1v) is 9.00. The lowest BCUT2D eigenvalue weighted by Gasteiger charge is -2.30. The number of rotatable bonds is 7. The molecule has 0 unspecified atom stereocenters. The lowest BCUT2D eigenvalue weighted by Crippen LogP contribution is -2.42. The topological polar surface area (TPSA) is 73.2 Å². The van der Waals surface area contributed by atoms with Gasteiger partial charge in [-0.15, -0.1) is 0 Å². The van der Waals surface area contributed by atoms with Crippen molar-refractivity contribution < 1.29 is 8.42 Å². The van der Waals surface area contributed by atoms with Gasteiger partial charge in [0, 0.05) is 25.2 Å². The fraction of sp³-hybridized carbons (Fsp3) is 0.533. The van der Waals surface area contributed by atoms with E-state index < -0.39 is 10.0 Å². The van der Waals surface area contributed by atoms with Crippen molar-refractivity contribution in [1.82, 2.24) is 9.62 Å². The van der Waals surface area contributed by atoms with Gasteiger partial charge in [-0.05, 0) is 45.9 Å². The van der Waals surface area contributed by atoms with Crippen LogP contribution in [0.1, 0.15) is 33.3 Å². The SMILES string of the molecule is CC(C)N(CCNS(=O)(=O)c1ccc(C#N)c(Cl)c1)C(C)C. The molecule has 22 heavy (non-hydrogen) atoms. The number of benzene rings is 1. The summed E-state index contributed by atoms with van der Waals surface area (Å²) in [7, 11) is -3.63. The molecule has 1 N–H and O–H groups in total. The van der Waals surface area contributed by atoms with Crippen LogP contribution in [0.25, 0.3) is 0 Å². The average Bonchev–Trinajstić information content (AvgIpc) is 2.42. The van der Waals surface area contributed by atoms with Crippen LogP contribution in [-0.2, 0) is 10.0 Å². The Morgan fingerprint density at radius 2 is 1.86 bits per heavy atom. The summed E-state index contributed by atoms with van der Waals surface area (Å²) in [4.78, 5) is 2.27. The van der Waals surface area contributed by atoms with Crippen molar-refractivity contribution in [3.05, 3.63) is 28.8 Å². The van der Waals surface area contributed by atoms with Crippen LogP contribution in [0.15, 0.2) is 23.1 Å². The van der Waals surface area contributed by atoms with Gasteiger partial charge >= 0.3 is 0 Å². The van der Waals surface area contributed by atoms with Crippen molar-refractivity contribution in [3.8, 4) is 6.07 Å². The Morgan fingerprint density at radius 1 is 1.27 bits per heavy atom. The molecular formula is C15H22ClN3O2S. The van der Waals surface area contributed by atoms with E-state index in [2.05, 4.69) is 37.3 Å². The van der Waals surface area contributed by atoms with Crippen LogP contribution in [0.3, 0.4) is 0 Å². The molecule has 122 valence electrons. The Balaban J connectivity index is 2.76. The molecule has 0 atom stereocenters. The quantitative estimate of drug-likeness (QED) is 0.825. The van der Waals surface area contributed by atoms with E-state index in [1.54, 1.807) is 0 Å². The van der Waals surface area contributed by atoms with Crippen LogP contribution in [0.2, 0.25) is 5.02 Å². The molecule has 0 saturated heterocycles. The maximum atomic E-state index is 12.2. The fourth-order valence-electron chi connectivity index (χ4n) is 2.26. The highest BCUT2D eigenvalue weighted by Crippen LogP contribution is 2.20. The molecule has 0 aliphatic heterocycles. The molecule has 7 heteroatoms. The average molecular weight is 344 g/mol. The number of hydrogen-bond donors (Lipinski definition) is 1. The summed E-state index contributed by atoms with van der Waals surface area (Å²) in [5, 5.41) is 8.95. The fourth-order valence-corrected chi connectivity index (χ4v) is 3.59. The summed E-state index contributed by atoms with van der Waals surface area (Å²) in [6, 6.07) is 6.68. The van der Waals surface area contributed by atoms with Crippen molar-refractivity contribution in [2.24, 2.45) is 0 Å². The number of sulfonamides is 1. The summed E-state index contributed by atoms with van der Waals surface area (Å²) in [5.74, 6) is 0. The highest BCUT2D eigenvalue weighted by Gasteiger charge is 2.17. The van der Waals surface area contributed by atoms with Gasteiger partial charge in [0.15, 0.2) is 0 Å². The lowest BCUT2D eigenvalue weighted by atomic mass is 10.2.